The van der Waals surface area contributed by atoms with E-state index >= 15 is 0 Å². The summed E-state index contributed by atoms with van der Waals surface area (Å²) in [7, 11) is 0. The lowest BCUT2D eigenvalue weighted by atomic mass is 10.1. The van der Waals surface area contributed by atoms with Crippen molar-refractivity contribution >= 4 is 28.4 Å². The highest BCUT2D eigenvalue weighted by Crippen LogP contribution is 2.27. The number of nitrogens with zero attached hydrogens (tertiary/aromatic N) is 4. The number of aromatic amines is 1. The SMILES string of the molecule is CC(O)(Nc1ccccc1)c1ccc(NC2CCN(c3ncnc4[nH]ccc34)C2)nc1. The maximum Gasteiger partial charge on any atom is 0.160 e. The summed E-state index contributed by atoms with van der Waals surface area (Å²) in [4.78, 5) is 18.7. The van der Waals surface area contributed by atoms with Gasteiger partial charge in [0.05, 0.1) is 5.39 Å². The fraction of sp³-hybridized carbons (Fsp3) is 0.261. The highest BCUT2D eigenvalue weighted by molar-refractivity contribution is 5.87. The summed E-state index contributed by atoms with van der Waals surface area (Å²) in [6.07, 6.45) is 6.19. The van der Waals surface area contributed by atoms with Crippen LogP contribution in [0.1, 0.15) is 18.9 Å². The molecule has 5 rings (SSSR count). The molecule has 4 aromatic rings. The third kappa shape index (κ3) is 4.02. The quantitative estimate of drug-likeness (QED) is 0.358. The number of anilines is 3. The third-order valence-electron chi connectivity index (χ3n) is 5.66. The van der Waals surface area contributed by atoms with Gasteiger partial charge in [-0.1, -0.05) is 18.2 Å². The van der Waals surface area contributed by atoms with Crippen molar-refractivity contribution in [3.05, 3.63) is 72.8 Å². The zero-order chi connectivity index (χ0) is 21.3. The number of para-hydroxylation sites is 1. The summed E-state index contributed by atoms with van der Waals surface area (Å²) in [5.41, 5.74) is 1.19. The van der Waals surface area contributed by atoms with Gasteiger partial charge in [-0.25, -0.2) is 15.0 Å². The molecule has 0 saturated carbocycles. The number of rotatable bonds is 6. The number of aromatic nitrogens is 4. The van der Waals surface area contributed by atoms with Crippen LogP contribution in [0, 0.1) is 0 Å². The van der Waals surface area contributed by atoms with Gasteiger partial charge in [-0.2, -0.15) is 0 Å². The predicted molar refractivity (Wildman–Crippen MR) is 122 cm³/mol. The van der Waals surface area contributed by atoms with Crippen LogP contribution >= 0.6 is 0 Å². The van der Waals surface area contributed by atoms with Crippen LogP contribution in [-0.4, -0.2) is 44.2 Å². The Bertz CT molecular complexity index is 1160. The Labute approximate surface area is 180 Å². The number of benzene rings is 1. The first-order chi connectivity index (χ1) is 15.1. The van der Waals surface area contributed by atoms with Crippen molar-refractivity contribution in [2.75, 3.05) is 28.6 Å². The van der Waals surface area contributed by atoms with Gasteiger partial charge in [0.2, 0.25) is 0 Å². The zero-order valence-electron chi connectivity index (χ0n) is 17.3. The molecule has 4 N–H and O–H groups in total. The van der Waals surface area contributed by atoms with E-state index in [1.807, 2.05) is 54.7 Å². The molecule has 8 heteroatoms. The van der Waals surface area contributed by atoms with E-state index in [0.717, 1.165) is 47.9 Å². The Hall–Kier alpha value is -3.65. The minimum Gasteiger partial charge on any atom is -0.367 e. The number of fused-ring (bicyclic) bond motifs is 1. The minimum atomic E-state index is -1.22. The topological polar surface area (TPSA) is 102 Å². The van der Waals surface area contributed by atoms with E-state index in [1.54, 1.807) is 19.4 Å². The number of hydrogen-bond acceptors (Lipinski definition) is 7. The number of pyridine rings is 1. The standard InChI is InChI=1S/C23H25N7O/c1-23(31,29-17-5-3-2-4-6-17)16-7-8-20(25-13-16)28-18-10-12-30(14-18)22-19-9-11-24-21(19)26-15-27-22/h2-9,11,13,15,18,29,31H,10,12,14H2,1H3,(H,25,28)(H,24,26,27). The molecule has 8 nitrogen and oxygen atoms in total. The molecule has 31 heavy (non-hydrogen) atoms. The molecule has 1 fully saturated rings. The molecule has 0 spiro atoms. The summed E-state index contributed by atoms with van der Waals surface area (Å²) < 4.78 is 0. The van der Waals surface area contributed by atoms with Gasteiger partial charge in [0.25, 0.3) is 0 Å². The monoisotopic (exact) mass is 415 g/mol. The Morgan fingerprint density at radius 1 is 1.10 bits per heavy atom. The van der Waals surface area contributed by atoms with E-state index < -0.39 is 5.72 Å². The fourth-order valence-electron chi connectivity index (χ4n) is 4.03. The van der Waals surface area contributed by atoms with E-state index in [0.29, 0.717) is 5.56 Å². The summed E-state index contributed by atoms with van der Waals surface area (Å²) in [6.45, 7) is 3.49. The smallest absolute Gasteiger partial charge is 0.160 e. The number of nitrogens with one attached hydrogen (secondary N) is 3. The second-order valence-corrected chi connectivity index (χ2v) is 8.01. The molecule has 1 aliphatic rings. The largest absolute Gasteiger partial charge is 0.367 e. The molecule has 0 radical (unpaired) electrons. The van der Waals surface area contributed by atoms with Crippen molar-refractivity contribution in [2.45, 2.75) is 25.1 Å². The van der Waals surface area contributed by atoms with Crippen LogP contribution < -0.4 is 15.5 Å². The molecular formula is C23H25N7O. The molecule has 2 atom stereocenters. The van der Waals surface area contributed by atoms with Crippen LogP contribution in [0.4, 0.5) is 17.3 Å². The van der Waals surface area contributed by atoms with Crippen molar-refractivity contribution in [1.29, 1.82) is 0 Å². The van der Waals surface area contributed by atoms with Gasteiger partial charge < -0.3 is 25.6 Å². The highest BCUT2D eigenvalue weighted by Gasteiger charge is 2.26. The van der Waals surface area contributed by atoms with Gasteiger partial charge in [0.15, 0.2) is 5.72 Å². The van der Waals surface area contributed by atoms with Crippen LogP contribution in [0.2, 0.25) is 0 Å². The predicted octanol–water partition coefficient (Wildman–Crippen LogP) is 3.32. The first-order valence-corrected chi connectivity index (χ1v) is 10.4. The first-order valence-electron chi connectivity index (χ1n) is 10.4. The molecule has 1 aliphatic heterocycles. The van der Waals surface area contributed by atoms with Crippen molar-refractivity contribution in [3.63, 3.8) is 0 Å². The normalized spacial score (nSPS) is 18.1. The Kier molecular flexibility index (Phi) is 4.91. The van der Waals surface area contributed by atoms with Crippen LogP contribution in [-0.2, 0) is 5.72 Å². The Balaban J connectivity index is 1.24. The molecule has 2 unspecified atom stereocenters. The molecule has 0 amide bonds. The number of H-pyrrole nitrogens is 1. The number of aliphatic hydroxyl groups is 1. The van der Waals surface area contributed by atoms with Crippen molar-refractivity contribution in [1.82, 2.24) is 19.9 Å². The van der Waals surface area contributed by atoms with E-state index in [4.69, 9.17) is 0 Å². The average Bonchev–Trinajstić information content (AvgIpc) is 3.44. The lowest BCUT2D eigenvalue weighted by Gasteiger charge is -2.26. The second-order valence-electron chi connectivity index (χ2n) is 8.01. The molecule has 158 valence electrons. The number of hydrogen-bond donors (Lipinski definition) is 4. The first kappa shape index (κ1) is 19.3. The van der Waals surface area contributed by atoms with Gasteiger partial charge in [0.1, 0.15) is 23.6 Å². The molecule has 4 heterocycles. The van der Waals surface area contributed by atoms with Gasteiger partial charge in [-0.15, -0.1) is 0 Å². The van der Waals surface area contributed by atoms with E-state index in [9.17, 15) is 5.11 Å². The molecule has 1 aromatic carbocycles. The molecule has 1 saturated heterocycles. The second kappa shape index (κ2) is 7.88. The highest BCUT2D eigenvalue weighted by atomic mass is 16.3. The minimum absolute atomic E-state index is 0.269. The van der Waals surface area contributed by atoms with Gasteiger partial charge in [-0.05, 0) is 43.7 Å². The Morgan fingerprint density at radius 3 is 2.77 bits per heavy atom. The van der Waals surface area contributed by atoms with Crippen molar-refractivity contribution < 1.29 is 5.11 Å². The summed E-state index contributed by atoms with van der Waals surface area (Å²) in [5.74, 6) is 1.75. The molecule has 0 aliphatic carbocycles. The van der Waals surface area contributed by atoms with Gasteiger partial charge >= 0.3 is 0 Å². The maximum absolute atomic E-state index is 10.9. The fourth-order valence-corrected chi connectivity index (χ4v) is 4.03. The van der Waals surface area contributed by atoms with E-state index in [2.05, 4.69) is 35.5 Å². The molecular weight excluding hydrogens is 390 g/mol. The van der Waals surface area contributed by atoms with Crippen LogP contribution in [0.15, 0.2) is 67.3 Å². The summed E-state index contributed by atoms with van der Waals surface area (Å²) in [6, 6.07) is 15.7. The Morgan fingerprint density at radius 2 is 1.97 bits per heavy atom. The summed E-state index contributed by atoms with van der Waals surface area (Å²) >= 11 is 0. The average molecular weight is 416 g/mol. The lowest BCUT2D eigenvalue weighted by molar-refractivity contribution is 0.0884. The third-order valence-corrected chi connectivity index (χ3v) is 5.66. The van der Waals surface area contributed by atoms with E-state index in [1.165, 1.54) is 0 Å². The lowest BCUT2D eigenvalue weighted by Crippen LogP contribution is -2.31. The van der Waals surface area contributed by atoms with Crippen LogP contribution in [0.3, 0.4) is 0 Å². The summed E-state index contributed by atoms with van der Waals surface area (Å²) in [5, 5.41) is 18.5. The zero-order valence-corrected chi connectivity index (χ0v) is 17.3. The molecule has 3 aromatic heterocycles. The van der Waals surface area contributed by atoms with Gasteiger partial charge in [-0.3, -0.25) is 0 Å². The van der Waals surface area contributed by atoms with E-state index in [-0.39, 0.29) is 6.04 Å². The van der Waals surface area contributed by atoms with Crippen LogP contribution in [0.5, 0.6) is 0 Å². The molecule has 0 bridgehead atoms. The maximum atomic E-state index is 10.9. The van der Waals surface area contributed by atoms with Crippen molar-refractivity contribution in [3.8, 4) is 0 Å². The van der Waals surface area contributed by atoms with Gasteiger partial charge in [0, 0.05) is 42.8 Å². The van der Waals surface area contributed by atoms with Crippen LogP contribution in [0.25, 0.3) is 11.0 Å². The van der Waals surface area contributed by atoms with Crippen molar-refractivity contribution in [2.24, 2.45) is 0 Å².